The quantitative estimate of drug-likeness (QED) is 0.742. The Kier molecular flexibility index (Phi) is 3.49. The van der Waals surface area contributed by atoms with E-state index in [1.54, 1.807) is 0 Å². The van der Waals surface area contributed by atoms with Gasteiger partial charge in [0.25, 0.3) is 0 Å². The van der Waals surface area contributed by atoms with E-state index >= 15 is 0 Å². The molecular formula is C23H30O4. The van der Waals surface area contributed by atoms with Gasteiger partial charge in [-0.1, -0.05) is 31.6 Å². The molecule has 0 heterocycles. The molecule has 5 rings (SSSR count). The average molecular weight is 370 g/mol. The Hall–Kier alpha value is -1.42. The maximum atomic E-state index is 12.1. The predicted molar refractivity (Wildman–Crippen MR) is 101 cm³/mol. The third-order valence-corrected chi connectivity index (χ3v) is 9.26. The number of carboxylic acids is 1. The number of ketones is 1. The molecule has 0 aromatic heterocycles. The molecule has 0 aromatic carbocycles. The van der Waals surface area contributed by atoms with E-state index in [4.69, 9.17) is 5.11 Å². The van der Waals surface area contributed by atoms with Crippen LogP contribution in [0.5, 0.6) is 0 Å². The van der Waals surface area contributed by atoms with E-state index < -0.39 is 11.6 Å². The second kappa shape index (κ2) is 5.34. The average Bonchev–Trinajstić information content (AvgIpc) is 3.35. The number of aliphatic hydroxyl groups is 1. The van der Waals surface area contributed by atoms with Crippen LogP contribution in [-0.2, 0) is 9.59 Å². The summed E-state index contributed by atoms with van der Waals surface area (Å²) in [5.74, 6) is 2.07. The molecule has 0 amide bonds. The van der Waals surface area contributed by atoms with Gasteiger partial charge in [-0.3, -0.25) is 9.59 Å². The summed E-state index contributed by atoms with van der Waals surface area (Å²) in [7, 11) is 0. The van der Waals surface area contributed by atoms with Crippen molar-refractivity contribution in [1.29, 1.82) is 0 Å². The van der Waals surface area contributed by atoms with Gasteiger partial charge in [0.1, 0.15) is 0 Å². The van der Waals surface area contributed by atoms with Gasteiger partial charge in [-0.05, 0) is 73.2 Å². The van der Waals surface area contributed by atoms with Crippen molar-refractivity contribution < 1.29 is 19.8 Å². The number of rotatable bonds is 3. The van der Waals surface area contributed by atoms with E-state index in [-0.39, 0.29) is 17.3 Å². The highest BCUT2D eigenvalue weighted by molar-refractivity contribution is 5.92. The third kappa shape index (κ3) is 2.19. The first kappa shape index (κ1) is 17.7. The van der Waals surface area contributed by atoms with Gasteiger partial charge in [0.2, 0.25) is 0 Å². The van der Waals surface area contributed by atoms with Gasteiger partial charge < -0.3 is 10.2 Å². The monoisotopic (exact) mass is 370 g/mol. The minimum absolute atomic E-state index is 0.0273. The van der Waals surface area contributed by atoms with Crippen LogP contribution in [0.3, 0.4) is 0 Å². The molecule has 5 aliphatic rings. The molecule has 0 aliphatic heterocycles. The topological polar surface area (TPSA) is 74.6 Å². The lowest BCUT2D eigenvalue weighted by atomic mass is 9.48. The minimum Gasteiger partial charge on any atom is -0.481 e. The molecule has 0 radical (unpaired) electrons. The number of carbonyl (C=O) groups excluding carboxylic acids is 1. The predicted octanol–water partition coefficient (Wildman–Crippen LogP) is 3.75. The van der Waals surface area contributed by atoms with Crippen molar-refractivity contribution in [1.82, 2.24) is 0 Å². The molecule has 0 aromatic rings. The molecule has 5 aliphatic carbocycles. The zero-order valence-corrected chi connectivity index (χ0v) is 16.3. The molecule has 0 spiro atoms. The van der Waals surface area contributed by atoms with Crippen LogP contribution in [0.4, 0.5) is 0 Å². The molecule has 3 saturated carbocycles. The molecule has 4 heteroatoms. The number of allylic oxidation sites excluding steroid dienone is 3. The SMILES string of the molecule is C[C@]12CCC(=O)C=C1[C@H]1C[C@H]1C1C2C=C[C@@]2(C)C1CC[C@@]2(O)CCC(=O)O. The number of hydrogen-bond donors (Lipinski definition) is 2. The second-order valence-electron chi connectivity index (χ2n) is 10.3. The molecule has 0 saturated heterocycles. The summed E-state index contributed by atoms with van der Waals surface area (Å²) in [4.78, 5) is 23.2. The Morgan fingerprint density at radius 1 is 1.30 bits per heavy atom. The van der Waals surface area contributed by atoms with Crippen LogP contribution in [0.25, 0.3) is 0 Å². The van der Waals surface area contributed by atoms with Crippen LogP contribution in [0.1, 0.15) is 58.8 Å². The van der Waals surface area contributed by atoms with Crippen LogP contribution in [-0.4, -0.2) is 27.6 Å². The Labute approximate surface area is 160 Å². The summed E-state index contributed by atoms with van der Waals surface area (Å²) in [5.41, 5.74) is 0.230. The first-order valence-electron chi connectivity index (χ1n) is 10.6. The largest absolute Gasteiger partial charge is 0.481 e. The molecule has 0 bridgehead atoms. The highest BCUT2D eigenvalue weighted by Gasteiger charge is 2.68. The number of hydrogen-bond acceptors (Lipinski definition) is 3. The fraction of sp³-hybridized carbons (Fsp3) is 0.739. The summed E-state index contributed by atoms with van der Waals surface area (Å²) in [6.07, 6.45) is 11.4. The Morgan fingerprint density at radius 3 is 2.81 bits per heavy atom. The fourth-order valence-electron chi connectivity index (χ4n) is 7.60. The molecule has 2 N–H and O–H groups in total. The van der Waals surface area contributed by atoms with Gasteiger partial charge in [-0.15, -0.1) is 0 Å². The summed E-state index contributed by atoms with van der Waals surface area (Å²) >= 11 is 0. The van der Waals surface area contributed by atoms with E-state index in [1.165, 1.54) is 12.0 Å². The highest BCUT2D eigenvalue weighted by Crippen LogP contribution is 2.73. The van der Waals surface area contributed by atoms with Gasteiger partial charge in [0, 0.05) is 18.3 Å². The van der Waals surface area contributed by atoms with E-state index in [1.807, 2.05) is 6.08 Å². The maximum Gasteiger partial charge on any atom is 0.303 e. The second-order valence-corrected chi connectivity index (χ2v) is 10.3. The van der Waals surface area contributed by atoms with E-state index in [0.29, 0.717) is 54.6 Å². The first-order chi connectivity index (χ1) is 12.7. The van der Waals surface area contributed by atoms with E-state index in [9.17, 15) is 14.7 Å². The summed E-state index contributed by atoms with van der Waals surface area (Å²) in [5, 5.41) is 20.6. The summed E-state index contributed by atoms with van der Waals surface area (Å²) in [6, 6.07) is 0. The normalized spacial score (nSPS) is 52.3. The molecule has 27 heavy (non-hydrogen) atoms. The lowest BCUT2D eigenvalue weighted by Crippen LogP contribution is -2.53. The van der Waals surface area contributed by atoms with Crippen molar-refractivity contribution in [2.45, 2.75) is 64.4 Å². The van der Waals surface area contributed by atoms with Crippen LogP contribution in [0.15, 0.2) is 23.8 Å². The maximum absolute atomic E-state index is 12.1. The lowest BCUT2D eigenvalue weighted by Gasteiger charge is -2.56. The number of carbonyl (C=O) groups is 2. The van der Waals surface area contributed by atoms with Gasteiger partial charge in [-0.25, -0.2) is 0 Å². The molecule has 3 fully saturated rings. The summed E-state index contributed by atoms with van der Waals surface area (Å²) < 4.78 is 0. The van der Waals surface area contributed by atoms with Crippen molar-refractivity contribution in [3.63, 3.8) is 0 Å². The van der Waals surface area contributed by atoms with Crippen molar-refractivity contribution in [2.24, 2.45) is 40.4 Å². The molecule has 4 nitrogen and oxygen atoms in total. The number of aliphatic carboxylic acids is 1. The minimum atomic E-state index is -0.915. The summed E-state index contributed by atoms with van der Waals surface area (Å²) in [6.45, 7) is 4.52. The first-order valence-corrected chi connectivity index (χ1v) is 10.6. The molecule has 8 atom stereocenters. The van der Waals surface area contributed by atoms with Crippen LogP contribution < -0.4 is 0 Å². The van der Waals surface area contributed by atoms with Crippen LogP contribution in [0.2, 0.25) is 0 Å². The van der Waals surface area contributed by atoms with E-state index in [2.05, 4.69) is 26.0 Å². The van der Waals surface area contributed by atoms with Crippen molar-refractivity contribution in [3.8, 4) is 0 Å². The molecule has 3 unspecified atom stereocenters. The molecular weight excluding hydrogens is 340 g/mol. The van der Waals surface area contributed by atoms with Crippen LogP contribution >= 0.6 is 0 Å². The highest BCUT2D eigenvalue weighted by atomic mass is 16.4. The number of fused-ring (bicyclic) bond motifs is 8. The number of carboxylic acid groups (broad SMARTS) is 1. The van der Waals surface area contributed by atoms with Crippen molar-refractivity contribution in [2.75, 3.05) is 0 Å². The van der Waals surface area contributed by atoms with Gasteiger partial charge in [-0.2, -0.15) is 0 Å². The van der Waals surface area contributed by atoms with Gasteiger partial charge in [0.05, 0.1) is 5.60 Å². The smallest absolute Gasteiger partial charge is 0.303 e. The Morgan fingerprint density at radius 2 is 2.07 bits per heavy atom. The van der Waals surface area contributed by atoms with Crippen LogP contribution in [0, 0.1) is 40.4 Å². The van der Waals surface area contributed by atoms with Gasteiger partial charge in [0.15, 0.2) is 5.78 Å². The Bertz CT molecular complexity index is 781. The third-order valence-electron chi connectivity index (χ3n) is 9.26. The standard InChI is InChI=1S/C23H30O4/c1-21-7-3-13(24)11-18(21)14-12-15(14)20-16(21)4-8-22(2)17(20)5-9-23(22,27)10-6-19(25)26/h4,8,11,14-17,20,27H,3,5-7,9-10,12H2,1-2H3,(H,25,26)/t14-,15+,16?,17?,20?,21+,22-,23+/m0/s1. The van der Waals surface area contributed by atoms with Gasteiger partial charge >= 0.3 is 5.97 Å². The zero-order chi connectivity index (χ0) is 19.2. The fourth-order valence-corrected chi connectivity index (χ4v) is 7.60. The lowest BCUT2D eigenvalue weighted by molar-refractivity contribution is -0.140. The zero-order valence-electron chi connectivity index (χ0n) is 16.3. The Balaban J connectivity index is 1.53. The van der Waals surface area contributed by atoms with Crippen molar-refractivity contribution >= 4 is 11.8 Å². The molecule has 146 valence electrons. The van der Waals surface area contributed by atoms with Crippen molar-refractivity contribution in [3.05, 3.63) is 23.8 Å². The van der Waals surface area contributed by atoms with E-state index in [0.717, 1.165) is 12.8 Å².